The van der Waals surface area contributed by atoms with E-state index >= 15 is 0 Å². The van der Waals surface area contributed by atoms with Crippen LogP contribution in [0.25, 0.3) is 0 Å². The molecule has 1 rings (SSSR count). The third-order valence-corrected chi connectivity index (χ3v) is 1.49. The Labute approximate surface area is 73.6 Å². The van der Waals surface area contributed by atoms with Crippen molar-refractivity contribution < 1.29 is 9.84 Å². The van der Waals surface area contributed by atoms with E-state index in [0.29, 0.717) is 12.6 Å². The fourth-order valence-electron chi connectivity index (χ4n) is 0.764. The number of nitrogens with zero attached hydrogens (tertiary/aromatic N) is 1. The van der Waals surface area contributed by atoms with Gasteiger partial charge in [0.2, 0.25) is 0 Å². The van der Waals surface area contributed by atoms with Crippen LogP contribution in [-0.2, 0) is 4.74 Å². The van der Waals surface area contributed by atoms with Gasteiger partial charge in [0.15, 0.2) is 0 Å². The zero-order valence-corrected chi connectivity index (χ0v) is 8.22. The summed E-state index contributed by atoms with van der Waals surface area (Å²) in [4.78, 5) is 3.80. The van der Waals surface area contributed by atoms with E-state index in [1.54, 1.807) is 7.05 Å². The lowest BCUT2D eigenvalue weighted by Crippen LogP contribution is -2.43. The van der Waals surface area contributed by atoms with Crippen molar-refractivity contribution in [3.8, 4) is 0 Å². The van der Waals surface area contributed by atoms with E-state index in [-0.39, 0.29) is 12.1 Å². The first kappa shape index (κ1) is 11.2. The number of amidine groups is 1. The Morgan fingerprint density at radius 3 is 2.50 bits per heavy atom. The summed E-state index contributed by atoms with van der Waals surface area (Å²) >= 11 is 0. The van der Waals surface area contributed by atoms with Crippen LogP contribution in [-0.4, -0.2) is 36.9 Å². The van der Waals surface area contributed by atoms with Crippen molar-refractivity contribution in [2.45, 2.75) is 26.3 Å². The quantitative estimate of drug-likeness (QED) is 0.604. The maximum atomic E-state index is 8.84. The molecule has 0 radical (unpaired) electrons. The zero-order valence-electron chi connectivity index (χ0n) is 8.22. The smallest absolute Gasteiger partial charge is 0.285 e. The maximum absolute atomic E-state index is 8.84. The number of ether oxygens (including phenoxy) is 1. The molecule has 0 aromatic rings. The Kier molecular flexibility index (Phi) is 4.66. The molecule has 1 heterocycles. The van der Waals surface area contributed by atoms with Gasteiger partial charge in [-0.2, -0.15) is 0 Å². The first-order valence-corrected chi connectivity index (χ1v) is 4.19. The van der Waals surface area contributed by atoms with Gasteiger partial charge < -0.3 is 15.2 Å². The summed E-state index contributed by atoms with van der Waals surface area (Å²) in [6.45, 7) is 6.42. The molecule has 4 nitrogen and oxygen atoms in total. The second-order valence-electron chi connectivity index (χ2n) is 2.66. The van der Waals surface area contributed by atoms with Gasteiger partial charge in [-0.1, -0.05) is 13.8 Å². The lowest BCUT2D eigenvalue weighted by molar-refractivity contribution is 0.169. The van der Waals surface area contributed by atoms with Gasteiger partial charge in [0.25, 0.3) is 6.02 Å². The molecule has 4 heteroatoms. The number of aliphatic imine (C=N–C) groups is 1. The van der Waals surface area contributed by atoms with Crippen LogP contribution < -0.4 is 5.32 Å². The van der Waals surface area contributed by atoms with Gasteiger partial charge in [-0.15, -0.1) is 0 Å². The van der Waals surface area contributed by atoms with Gasteiger partial charge in [0.1, 0.15) is 6.61 Å². The van der Waals surface area contributed by atoms with E-state index in [2.05, 4.69) is 10.3 Å². The highest BCUT2D eigenvalue weighted by Gasteiger charge is 2.32. The molecular weight excluding hydrogens is 156 g/mol. The molecule has 1 saturated heterocycles. The predicted octanol–water partition coefficient (Wildman–Crippen LogP) is 0.369. The average Bonchev–Trinajstić information content (AvgIpc) is 2.52. The summed E-state index contributed by atoms with van der Waals surface area (Å²) in [7, 11) is 1.64. The van der Waals surface area contributed by atoms with Crippen molar-refractivity contribution in [1.29, 1.82) is 0 Å². The molecule has 0 amide bonds. The minimum absolute atomic E-state index is 0.0615. The van der Waals surface area contributed by atoms with Crippen molar-refractivity contribution in [3.63, 3.8) is 0 Å². The Morgan fingerprint density at radius 1 is 1.67 bits per heavy atom. The number of hydrogen-bond acceptors (Lipinski definition) is 3. The van der Waals surface area contributed by atoms with Crippen LogP contribution in [0.3, 0.4) is 0 Å². The highest BCUT2D eigenvalue weighted by atomic mass is 16.5. The Morgan fingerprint density at radius 2 is 2.25 bits per heavy atom. The number of nitrogens with one attached hydrogen (secondary N) is 1. The predicted molar refractivity (Wildman–Crippen MR) is 49.3 cm³/mol. The summed E-state index contributed by atoms with van der Waals surface area (Å²) in [6, 6.07) is 0.511. The van der Waals surface area contributed by atoms with Crippen molar-refractivity contribution in [3.05, 3.63) is 0 Å². The van der Waals surface area contributed by atoms with E-state index < -0.39 is 0 Å². The summed E-state index contributed by atoms with van der Waals surface area (Å²) in [6.07, 6.45) is 0. The van der Waals surface area contributed by atoms with Crippen molar-refractivity contribution in [1.82, 2.24) is 5.32 Å². The molecule has 1 fully saturated rings. The molecule has 1 unspecified atom stereocenters. The van der Waals surface area contributed by atoms with Gasteiger partial charge >= 0.3 is 0 Å². The summed E-state index contributed by atoms with van der Waals surface area (Å²) in [5.41, 5.74) is -0.338. The summed E-state index contributed by atoms with van der Waals surface area (Å²) in [5, 5.41) is 11.8. The second-order valence-corrected chi connectivity index (χ2v) is 2.66. The molecule has 0 bridgehead atoms. The van der Waals surface area contributed by atoms with E-state index in [1.807, 2.05) is 20.8 Å². The molecule has 2 N–H and O–H groups in total. The molecular formula is C8H18N2O2. The number of hydrogen-bond donors (Lipinski definition) is 2. The lowest BCUT2D eigenvalue weighted by atomic mass is 10.1. The molecule has 72 valence electrons. The van der Waals surface area contributed by atoms with Crippen LogP contribution in [0.2, 0.25) is 0 Å². The van der Waals surface area contributed by atoms with Crippen LogP contribution in [0.5, 0.6) is 0 Å². The number of aliphatic hydroxyl groups excluding tert-OH is 1. The monoisotopic (exact) mass is 174 g/mol. The molecule has 0 spiro atoms. The molecule has 0 aliphatic carbocycles. The third kappa shape index (κ3) is 2.70. The second kappa shape index (κ2) is 4.98. The maximum Gasteiger partial charge on any atom is 0.285 e. The Hall–Kier alpha value is -0.770. The summed E-state index contributed by atoms with van der Waals surface area (Å²) < 4.78 is 5.09. The largest absolute Gasteiger partial charge is 0.463 e. The van der Waals surface area contributed by atoms with Gasteiger partial charge in [-0.05, 0) is 6.92 Å². The zero-order chi connectivity index (χ0) is 9.61. The molecule has 1 atom stereocenters. The molecule has 12 heavy (non-hydrogen) atoms. The van der Waals surface area contributed by atoms with Gasteiger partial charge in [-0.3, -0.25) is 0 Å². The van der Waals surface area contributed by atoms with Crippen molar-refractivity contribution in [2.75, 3.05) is 20.3 Å². The van der Waals surface area contributed by atoms with Gasteiger partial charge in [0.05, 0.1) is 12.1 Å². The first-order valence-electron chi connectivity index (χ1n) is 4.19. The van der Waals surface area contributed by atoms with Crippen molar-refractivity contribution >= 4 is 6.02 Å². The highest BCUT2D eigenvalue weighted by Crippen LogP contribution is 2.09. The topological polar surface area (TPSA) is 53.9 Å². The summed E-state index contributed by atoms with van der Waals surface area (Å²) in [5.74, 6) is 0. The first-order chi connectivity index (χ1) is 5.70. The van der Waals surface area contributed by atoms with Gasteiger partial charge in [-0.25, -0.2) is 4.99 Å². The third-order valence-electron chi connectivity index (χ3n) is 1.49. The molecule has 0 aromatic carbocycles. The SMILES string of the molecule is CC.CN=C1NC(C)(CO)CO1. The highest BCUT2D eigenvalue weighted by molar-refractivity contribution is 5.76. The van der Waals surface area contributed by atoms with E-state index in [9.17, 15) is 0 Å². The van der Waals surface area contributed by atoms with Crippen LogP contribution >= 0.6 is 0 Å². The Balaban J connectivity index is 0.000000561. The standard InChI is InChI=1S/C6H12N2O2.C2H6/c1-6(3-9)4-10-5(7-2)8-6;1-2/h9H,3-4H2,1-2H3,(H,7,8);1-2H3. The van der Waals surface area contributed by atoms with E-state index in [1.165, 1.54) is 0 Å². The average molecular weight is 174 g/mol. The van der Waals surface area contributed by atoms with E-state index in [4.69, 9.17) is 9.84 Å². The molecule has 0 saturated carbocycles. The van der Waals surface area contributed by atoms with Crippen LogP contribution in [0, 0.1) is 0 Å². The molecule has 0 aromatic heterocycles. The Bertz CT molecular complexity index is 159. The molecule has 1 aliphatic heterocycles. The minimum Gasteiger partial charge on any atom is -0.463 e. The lowest BCUT2D eigenvalue weighted by Gasteiger charge is -2.16. The van der Waals surface area contributed by atoms with E-state index in [0.717, 1.165) is 0 Å². The van der Waals surface area contributed by atoms with Crippen LogP contribution in [0.1, 0.15) is 20.8 Å². The number of aliphatic hydroxyl groups is 1. The van der Waals surface area contributed by atoms with Gasteiger partial charge in [0, 0.05) is 7.05 Å². The fraction of sp³-hybridized carbons (Fsp3) is 0.875. The number of rotatable bonds is 1. The minimum atomic E-state index is -0.338. The normalized spacial score (nSPS) is 30.2. The molecule has 1 aliphatic rings. The fourth-order valence-corrected chi connectivity index (χ4v) is 0.764. The van der Waals surface area contributed by atoms with Crippen LogP contribution in [0.4, 0.5) is 0 Å². The van der Waals surface area contributed by atoms with Crippen LogP contribution in [0.15, 0.2) is 4.99 Å². The van der Waals surface area contributed by atoms with Crippen molar-refractivity contribution in [2.24, 2.45) is 4.99 Å².